The molecule has 13 nitrogen and oxygen atoms in total. The zero-order chi connectivity index (χ0) is 32.3. The highest BCUT2D eigenvalue weighted by Crippen LogP contribution is 2.39. The van der Waals surface area contributed by atoms with Gasteiger partial charge in [-0.1, -0.05) is 0 Å². The Morgan fingerprint density at radius 2 is 1.93 bits per heavy atom. The molecule has 0 saturated heterocycles. The number of nitro benzene ring substituents is 1. The maximum Gasteiger partial charge on any atom is 0.410 e. The Morgan fingerprint density at radius 3 is 2.57 bits per heavy atom. The van der Waals surface area contributed by atoms with E-state index in [0.29, 0.717) is 34.9 Å². The highest BCUT2D eigenvalue weighted by molar-refractivity contribution is 5.92. The predicted octanol–water partition coefficient (Wildman–Crippen LogP) is 5.78. The topological polar surface area (TPSA) is 152 Å². The molecule has 4 aromatic rings. The summed E-state index contributed by atoms with van der Waals surface area (Å²) >= 11 is 0. The lowest BCUT2D eigenvalue weighted by molar-refractivity contribution is -0.384. The van der Waals surface area contributed by atoms with Crippen LogP contribution in [0.15, 0.2) is 42.7 Å². The minimum atomic E-state index is -0.635. The lowest BCUT2D eigenvalue weighted by atomic mass is 10.0. The maximum atomic E-state index is 12.3. The van der Waals surface area contributed by atoms with E-state index in [4.69, 9.17) is 9.47 Å². The van der Waals surface area contributed by atoms with Crippen LogP contribution in [0.2, 0.25) is 0 Å². The number of anilines is 3. The first-order chi connectivity index (χ1) is 20.7. The lowest BCUT2D eigenvalue weighted by Gasteiger charge is -2.27. The van der Waals surface area contributed by atoms with Gasteiger partial charge in [0, 0.05) is 69.7 Å². The van der Waals surface area contributed by atoms with Crippen molar-refractivity contribution in [1.82, 2.24) is 19.4 Å². The number of benzene rings is 2. The van der Waals surface area contributed by atoms with Crippen LogP contribution in [-0.2, 0) is 11.8 Å². The van der Waals surface area contributed by atoms with Crippen molar-refractivity contribution in [3.8, 4) is 23.1 Å². The molecule has 0 bridgehead atoms. The Bertz CT molecular complexity index is 1770. The molecule has 0 unspecified atom stereocenters. The molecule has 2 heterocycles. The first-order valence-corrected chi connectivity index (χ1v) is 13.8. The zero-order valence-corrected chi connectivity index (χ0v) is 26.1. The number of aromatic nitrogens is 3. The number of hydrogen-bond acceptors (Lipinski definition) is 10. The van der Waals surface area contributed by atoms with Crippen molar-refractivity contribution < 1.29 is 19.2 Å². The minimum absolute atomic E-state index is 0.171. The summed E-state index contributed by atoms with van der Waals surface area (Å²) in [5.74, 6) is 0.527. The third-order valence-corrected chi connectivity index (χ3v) is 6.97. The summed E-state index contributed by atoms with van der Waals surface area (Å²) in [6, 6.07) is 10.7. The third kappa shape index (κ3) is 6.81. The summed E-state index contributed by atoms with van der Waals surface area (Å²) in [5.41, 5.74) is 3.51. The number of hydrogen-bond donors (Lipinski definition) is 1. The average molecular weight is 601 g/mol. The maximum absolute atomic E-state index is 12.3. The molecule has 2 aromatic heterocycles. The quantitative estimate of drug-likeness (QED) is 0.185. The normalized spacial score (nSPS) is 11.2. The highest BCUT2D eigenvalue weighted by atomic mass is 16.6. The summed E-state index contributed by atoms with van der Waals surface area (Å²) in [7, 11) is 6.68. The van der Waals surface area contributed by atoms with Gasteiger partial charge in [0.15, 0.2) is 0 Å². The molecule has 44 heavy (non-hydrogen) atoms. The third-order valence-electron chi connectivity index (χ3n) is 6.97. The summed E-state index contributed by atoms with van der Waals surface area (Å²) in [4.78, 5) is 36.0. The number of fused-ring (bicyclic) bond motifs is 1. The van der Waals surface area contributed by atoms with E-state index in [0.717, 1.165) is 22.0 Å². The number of carbonyl (C=O) groups is 1. The Kier molecular flexibility index (Phi) is 8.94. The van der Waals surface area contributed by atoms with Gasteiger partial charge in [0.25, 0.3) is 5.69 Å². The second-order valence-corrected chi connectivity index (χ2v) is 11.5. The van der Waals surface area contributed by atoms with E-state index in [1.54, 1.807) is 64.2 Å². The SMILES string of the molecule is COc1cc(N(C)CCN(C)C(=O)OC(C)(C)C)c([N+](=O)[O-])cc1Nc1nccc(-c2cc(C#N)c3c(c2)c(C)cn3C)n1. The molecule has 0 radical (unpaired) electrons. The summed E-state index contributed by atoms with van der Waals surface area (Å²) in [6.07, 6.45) is 3.06. The molecule has 0 aliphatic heterocycles. The van der Waals surface area contributed by atoms with Gasteiger partial charge in [-0.15, -0.1) is 0 Å². The molecule has 230 valence electrons. The van der Waals surface area contributed by atoms with E-state index in [9.17, 15) is 20.2 Å². The predicted molar refractivity (Wildman–Crippen MR) is 168 cm³/mol. The Labute approximate surface area is 255 Å². The molecule has 13 heteroatoms. The van der Waals surface area contributed by atoms with Crippen molar-refractivity contribution in [3.63, 3.8) is 0 Å². The van der Waals surface area contributed by atoms with E-state index in [1.165, 1.54) is 18.1 Å². The van der Waals surface area contributed by atoms with Gasteiger partial charge in [-0.2, -0.15) is 5.26 Å². The van der Waals surface area contributed by atoms with E-state index < -0.39 is 16.6 Å². The first-order valence-electron chi connectivity index (χ1n) is 13.8. The Hall–Kier alpha value is -5.38. The number of nitrogens with one attached hydrogen (secondary N) is 1. The number of ether oxygens (including phenoxy) is 2. The largest absolute Gasteiger partial charge is 0.494 e. The fraction of sp³-hybridized carbons (Fsp3) is 0.355. The fourth-order valence-corrected chi connectivity index (χ4v) is 4.80. The van der Waals surface area contributed by atoms with Crippen LogP contribution in [0, 0.1) is 28.4 Å². The van der Waals surface area contributed by atoms with E-state index in [-0.39, 0.29) is 18.2 Å². The summed E-state index contributed by atoms with van der Waals surface area (Å²) in [5, 5.41) is 25.9. The van der Waals surface area contributed by atoms with Crippen molar-refractivity contribution in [1.29, 1.82) is 5.26 Å². The highest BCUT2D eigenvalue weighted by Gasteiger charge is 2.24. The van der Waals surface area contributed by atoms with E-state index in [1.807, 2.05) is 30.8 Å². The number of likely N-dealkylation sites (N-methyl/N-ethyl adjacent to an activating group) is 2. The first kappa shape index (κ1) is 31.6. The number of nitriles is 1. The van der Waals surface area contributed by atoms with Crippen LogP contribution in [0.3, 0.4) is 0 Å². The second-order valence-electron chi connectivity index (χ2n) is 11.5. The number of nitrogens with zero attached hydrogens (tertiary/aromatic N) is 7. The van der Waals surface area contributed by atoms with E-state index >= 15 is 0 Å². The van der Waals surface area contributed by atoms with Crippen LogP contribution in [0.4, 0.5) is 27.8 Å². The number of nitro groups is 1. The van der Waals surface area contributed by atoms with Crippen molar-refractivity contribution in [2.45, 2.75) is 33.3 Å². The van der Waals surface area contributed by atoms with Gasteiger partial charge in [-0.05, 0) is 51.5 Å². The molecule has 0 atom stereocenters. The lowest BCUT2D eigenvalue weighted by Crippen LogP contribution is -2.38. The van der Waals surface area contributed by atoms with Gasteiger partial charge in [0.1, 0.15) is 23.1 Å². The molecule has 4 rings (SSSR count). The van der Waals surface area contributed by atoms with Crippen LogP contribution in [0.5, 0.6) is 5.75 Å². The second kappa shape index (κ2) is 12.5. The van der Waals surface area contributed by atoms with Crippen molar-refractivity contribution in [3.05, 3.63) is 64.0 Å². The standard InChI is InChI=1S/C31H36N8O5/c1-19-18-38(7)28-21(17-32)13-20(14-22(19)28)23-9-10-33-29(34-23)35-24-15-26(39(41)42)25(16-27(24)43-8)36(5)11-12-37(6)30(40)44-31(2,3)4/h9-10,13-16,18H,11-12H2,1-8H3,(H,33,34,35). The van der Waals surface area contributed by atoms with Gasteiger partial charge in [0.2, 0.25) is 5.95 Å². The fourth-order valence-electron chi connectivity index (χ4n) is 4.80. The van der Waals surface area contributed by atoms with Gasteiger partial charge in [-0.25, -0.2) is 14.8 Å². The monoisotopic (exact) mass is 600 g/mol. The van der Waals surface area contributed by atoms with Gasteiger partial charge >= 0.3 is 6.09 Å². The molecule has 0 saturated carbocycles. The van der Waals surface area contributed by atoms with Crippen molar-refractivity contribution in [2.24, 2.45) is 7.05 Å². The van der Waals surface area contributed by atoms with Crippen LogP contribution >= 0.6 is 0 Å². The summed E-state index contributed by atoms with van der Waals surface area (Å²) < 4.78 is 12.9. The minimum Gasteiger partial charge on any atom is -0.494 e. The van der Waals surface area contributed by atoms with Crippen molar-refractivity contribution >= 4 is 40.0 Å². The number of carbonyl (C=O) groups excluding carboxylic acids is 1. The molecule has 0 aliphatic rings. The Balaban J connectivity index is 1.62. The molecule has 0 aliphatic carbocycles. The number of rotatable bonds is 9. The molecule has 1 amide bonds. The molecule has 0 fully saturated rings. The number of methoxy groups -OCH3 is 1. The molecular weight excluding hydrogens is 564 g/mol. The van der Waals surface area contributed by atoms with Gasteiger partial charge < -0.3 is 29.2 Å². The smallest absolute Gasteiger partial charge is 0.410 e. The van der Waals surface area contributed by atoms with Gasteiger partial charge in [-0.3, -0.25) is 10.1 Å². The molecule has 1 N–H and O–H groups in total. The van der Waals surface area contributed by atoms with Crippen LogP contribution in [0.25, 0.3) is 22.2 Å². The number of aryl methyl sites for hydroxylation is 2. The summed E-state index contributed by atoms with van der Waals surface area (Å²) in [6.45, 7) is 7.91. The van der Waals surface area contributed by atoms with Gasteiger partial charge in [0.05, 0.1) is 34.5 Å². The average Bonchev–Trinajstić information content (AvgIpc) is 3.26. The van der Waals surface area contributed by atoms with Crippen molar-refractivity contribution in [2.75, 3.05) is 44.5 Å². The zero-order valence-electron chi connectivity index (χ0n) is 26.1. The molecular formula is C31H36N8O5. The van der Waals surface area contributed by atoms with Crippen LogP contribution in [-0.4, -0.2) is 70.3 Å². The Morgan fingerprint density at radius 1 is 1.20 bits per heavy atom. The van der Waals surface area contributed by atoms with Crippen LogP contribution < -0.4 is 15.0 Å². The van der Waals surface area contributed by atoms with E-state index in [2.05, 4.69) is 21.4 Å². The van der Waals surface area contributed by atoms with Crippen LogP contribution in [0.1, 0.15) is 31.9 Å². The number of amides is 1. The molecule has 2 aromatic carbocycles. The molecule has 0 spiro atoms.